The van der Waals surface area contributed by atoms with Crippen molar-refractivity contribution < 1.29 is 19.1 Å². The molecule has 0 bridgehead atoms. The molecule has 126 valence electrons. The normalized spacial score (nSPS) is 12.2. The van der Waals surface area contributed by atoms with E-state index < -0.39 is 17.7 Å². The molecule has 0 aliphatic carbocycles. The van der Waals surface area contributed by atoms with E-state index in [0.717, 1.165) is 0 Å². The summed E-state index contributed by atoms with van der Waals surface area (Å²) in [5, 5.41) is 5.24. The molecule has 0 fully saturated rings. The van der Waals surface area contributed by atoms with Crippen LogP contribution in [0.25, 0.3) is 0 Å². The summed E-state index contributed by atoms with van der Waals surface area (Å²) in [6.07, 6.45) is -0.544. The van der Waals surface area contributed by atoms with E-state index in [1.165, 1.54) is 6.92 Å². The monoisotopic (exact) mass is 320 g/mol. The fraction of sp³-hybridized carbons (Fsp3) is 0.471. The lowest BCUT2D eigenvalue weighted by Gasteiger charge is -2.23. The summed E-state index contributed by atoms with van der Waals surface area (Å²) < 4.78 is 5.19. The summed E-state index contributed by atoms with van der Waals surface area (Å²) in [4.78, 5) is 35.2. The van der Waals surface area contributed by atoms with Crippen LogP contribution in [-0.4, -0.2) is 36.0 Å². The maximum atomic E-state index is 12.3. The quantitative estimate of drug-likeness (QED) is 0.788. The summed E-state index contributed by atoms with van der Waals surface area (Å²) >= 11 is 0. The third-order valence-corrected chi connectivity index (χ3v) is 2.85. The van der Waals surface area contributed by atoms with E-state index in [2.05, 4.69) is 10.6 Å². The topological polar surface area (TPSA) is 84.5 Å². The molecule has 1 unspecified atom stereocenters. The van der Waals surface area contributed by atoms with Crippen LogP contribution in [0, 0.1) is 0 Å². The SMILES string of the molecule is CC(=O)NCC(CC(=O)c1ccccc1)NC(=O)OC(C)(C)C. The van der Waals surface area contributed by atoms with Crippen LogP contribution in [-0.2, 0) is 9.53 Å². The molecule has 0 spiro atoms. The zero-order chi connectivity index (χ0) is 17.5. The minimum atomic E-state index is -0.633. The molecule has 0 radical (unpaired) electrons. The lowest BCUT2D eigenvalue weighted by Crippen LogP contribution is -2.46. The first-order valence-corrected chi connectivity index (χ1v) is 7.49. The Kier molecular flexibility index (Phi) is 6.75. The first-order valence-electron chi connectivity index (χ1n) is 7.49. The molecule has 23 heavy (non-hydrogen) atoms. The van der Waals surface area contributed by atoms with Crippen LogP contribution in [0.1, 0.15) is 44.5 Å². The Bertz CT molecular complexity index is 549. The number of amides is 2. The highest BCUT2D eigenvalue weighted by atomic mass is 16.6. The summed E-state index contributed by atoms with van der Waals surface area (Å²) in [7, 11) is 0. The van der Waals surface area contributed by atoms with E-state index in [0.29, 0.717) is 5.56 Å². The number of carbonyl (C=O) groups is 3. The molecule has 2 N–H and O–H groups in total. The zero-order valence-electron chi connectivity index (χ0n) is 14.0. The molecule has 0 saturated heterocycles. The van der Waals surface area contributed by atoms with Crippen LogP contribution in [0.2, 0.25) is 0 Å². The average molecular weight is 320 g/mol. The molecule has 0 aromatic heterocycles. The van der Waals surface area contributed by atoms with Crippen LogP contribution >= 0.6 is 0 Å². The lowest BCUT2D eigenvalue weighted by molar-refractivity contribution is -0.119. The number of ether oxygens (including phenoxy) is 1. The predicted molar refractivity (Wildman–Crippen MR) is 87.2 cm³/mol. The van der Waals surface area contributed by atoms with Crippen LogP contribution < -0.4 is 10.6 Å². The predicted octanol–water partition coefficient (Wildman–Crippen LogP) is 2.29. The second-order valence-corrected chi connectivity index (χ2v) is 6.27. The Morgan fingerprint density at radius 2 is 1.74 bits per heavy atom. The molecule has 1 aromatic carbocycles. The Labute approximate surface area is 136 Å². The molecule has 6 heteroatoms. The van der Waals surface area contributed by atoms with Gasteiger partial charge < -0.3 is 15.4 Å². The van der Waals surface area contributed by atoms with Crippen LogP contribution in [0.3, 0.4) is 0 Å². The van der Waals surface area contributed by atoms with E-state index in [-0.39, 0.29) is 24.7 Å². The van der Waals surface area contributed by atoms with Crippen molar-refractivity contribution in [1.82, 2.24) is 10.6 Å². The lowest BCUT2D eigenvalue weighted by atomic mass is 10.0. The second kappa shape index (κ2) is 8.31. The number of alkyl carbamates (subject to hydrolysis) is 1. The number of rotatable bonds is 6. The molecule has 2 amide bonds. The first kappa shape index (κ1) is 18.7. The van der Waals surface area contributed by atoms with Crippen molar-refractivity contribution in [3.05, 3.63) is 35.9 Å². The minimum absolute atomic E-state index is 0.0730. The third-order valence-electron chi connectivity index (χ3n) is 2.85. The van der Waals surface area contributed by atoms with Crippen LogP contribution in [0.5, 0.6) is 0 Å². The standard InChI is InChI=1S/C17H24N2O4/c1-12(20)18-11-14(19-16(22)23-17(2,3)4)10-15(21)13-8-6-5-7-9-13/h5-9,14H,10-11H2,1-4H3,(H,18,20)(H,19,22). The van der Waals surface area contributed by atoms with Gasteiger partial charge in [-0.1, -0.05) is 30.3 Å². The fourth-order valence-electron chi connectivity index (χ4n) is 1.88. The maximum absolute atomic E-state index is 12.3. The number of benzene rings is 1. The molecular formula is C17H24N2O4. The van der Waals surface area contributed by atoms with Gasteiger partial charge in [0, 0.05) is 25.5 Å². The first-order chi connectivity index (χ1) is 10.7. The smallest absolute Gasteiger partial charge is 0.407 e. The van der Waals surface area contributed by atoms with Gasteiger partial charge in [0.25, 0.3) is 0 Å². The van der Waals surface area contributed by atoms with Gasteiger partial charge in [0.2, 0.25) is 5.91 Å². The largest absolute Gasteiger partial charge is 0.444 e. The van der Waals surface area contributed by atoms with Crippen molar-refractivity contribution in [2.45, 2.75) is 45.8 Å². The zero-order valence-corrected chi connectivity index (χ0v) is 14.0. The highest BCUT2D eigenvalue weighted by Gasteiger charge is 2.22. The maximum Gasteiger partial charge on any atom is 0.407 e. The Morgan fingerprint density at radius 1 is 1.13 bits per heavy atom. The fourth-order valence-corrected chi connectivity index (χ4v) is 1.88. The van der Waals surface area contributed by atoms with E-state index in [4.69, 9.17) is 4.74 Å². The van der Waals surface area contributed by atoms with Gasteiger partial charge in [-0.3, -0.25) is 9.59 Å². The van der Waals surface area contributed by atoms with Crippen molar-refractivity contribution >= 4 is 17.8 Å². The molecule has 1 aromatic rings. The summed E-state index contributed by atoms with van der Waals surface area (Å²) in [6, 6.07) is 8.26. The molecular weight excluding hydrogens is 296 g/mol. The van der Waals surface area contributed by atoms with Gasteiger partial charge in [-0.15, -0.1) is 0 Å². The minimum Gasteiger partial charge on any atom is -0.444 e. The van der Waals surface area contributed by atoms with E-state index in [9.17, 15) is 14.4 Å². The molecule has 0 saturated carbocycles. The summed E-state index contributed by atoms with van der Waals surface area (Å²) in [5.74, 6) is -0.342. The van der Waals surface area contributed by atoms with Gasteiger partial charge in [0.1, 0.15) is 5.60 Å². The van der Waals surface area contributed by atoms with E-state index >= 15 is 0 Å². The van der Waals surface area contributed by atoms with Crippen LogP contribution in [0.15, 0.2) is 30.3 Å². The highest BCUT2D eigenvalue weighted by Crippen LogP contribution is 2.09. The average Bonchev–Trinajstić information content (AvgIpc) is 2.43. The van der Waals surface area contributed by atoms with Gasteiger partial charge >= 0.3 is 6.09 Å². The van der Waals surface area contributed by atoms with Crippen molar-refractivity contribution in [2.75, 3.05) is 6.54 Å². The number of hydrogen-bond acceptors (Lipinski definition) is 4. The van der Waals surface area contributed by atoms with E-state index in [1.807, 2.05) is 6.07 Å². The van der Waals surface area contributed by atoms with Crippen molar-refractivity contribution in [3.63, 3.8) is 0 Å². The van der Waals surface area contributed by atoms with E-state index in [1.54, 1.807) is 45.0 Å². The highest BCUT2D eigenvalue weighted by molar-refractivity contribution is 5.96. The number of hydrogen-bond donors (Lipinski definition) is 2. The molecule has 0 heterocycles. The van der Waals surface area contributed by atoms with Crippen molar-refractivity contribution in [3.8, 4) is 0 Å². The van der Waals surface area contributed by atoms with Crippen molar-refractivity contribution in [2.24, 2.45) is 0 Å². The summed E-state index contributed by atoms with van der Waals surface area (Å²) in [6.45, 7) is 6.80. The van der Waals surface area contributed by atoms with Gasteiger partial charge in [0.05, 0.1) is 6.04 Å². The number of nitrogens with one attached hydrogen (secondary N) is 2. The third kappa shape index (κ3) is 7.99. The Balaban J connectivity index is 2.70. The second-order valence-electron chi connectivity index (χ2n) is 6.27. The Hall–Kier alpha value is -2.37. The molecule has 0 aliphatic rings. The van der Waals surface area contributed by atoms with Gasteiger partial charge in [-0.2, -0.15) is 0 Å². The summed E-state index contributed by atoms with van der Waals surface area (Å²) in [5.41, 5.74) is -0.0715. The number of Topliss-reactive ketones (excluding diaryl/α,β-unsaturated/α-hetero) is 1. The number of carbonyl (C=O) groups excluding carboxylic acids is 3. The number of ketones is 1. The Morgan fingerprint density at radius 3 is 2.26 bits per heavy atom. The molecule has 0 aliphatic heterocycles. The van der Waals surface area contributed by atoms with Crippen molar-refractivity contribution in [1.29, 1.82) is 0 Å². The van der Waals surface area contributed by atoms with Gasteiger partial charge in [0.15, 0.2) is 5.78 Å². The van der Waals surface area contributed by atoms with Gasteiger partial charge in [-0.05, 0) is 20.8 Å². The molecule has 1 atom stereocenters. The molecule has 6 nitrogen and oxygen atoms in total. The van der Waals surface area contributed by atoms with Gasteiger partial charge in [-0.25, -0.2) is 4.79 Å². The molecule has 1 rings (SSSR count). The van der Waals surface area contributed by atoms with Crippen LogP contribution in [0.4, 0.5) is 4.79 Å².